The lowest BCUT2D eigenvalue weighted by atomic mass is 9.92. The number of hydrogen-bond acceptors (Lipinski definition) is 2. The highest BCUT2D eigenvalue weighted by Gasteiger charge is 2.39. The first-order valence-electron chi connectivity index (χ1n) is 8.43. The van der Waals surface area contributed by atoms with Crippen molar-refractivity contribution in [2.45, 2.75) is 13.1 Å². The van der Waals surface area contributed by atoms with Gasteiger partial charge in [-0.3, -0.25) is 0 Å². The van der Waals surface area contributed by atoms with E-state index in [0.717, 1.165) is 5.56 Å². The third-order valence-corrected chi connectivity index (χ3v) is 4.37. The molecule has 2 heterocycles. The average molecular weight is 364 g/mol. The molecule has 2 aromatic heterocycles. The highest BCUT2D eigenvalue weighted by molar-refractivity contribution is 5.98. The van der Waals surface area contributed by atoms with Gasteiger partial charge < -0.3 is 0 Å². The topological polar surface area (TPSA) is 25.8 Å². The first kappa shape index (κ1) is 17.2. The molecule has 0 aliphatic carbocycles. The van der Waals surface area contributed by atoms with Crippen LogP contribution >= 0.6 is 0 Å². The van der Waals surface area contributed by atoms with Gasteiger partial charge >= 0.3 is 6.18 Å². The standard InChI is InChI=1S/C22H15F3N2/c1-14-12-17-18(15-8-4-2-5-9-15)19(22(23,24)25)20(27-21(17)26-13-14)16-10-6-3-7-11-16/h2-13H,1H3. The number of halogens is 3. The van der Waals surface area contributed by atoms with E-state index in [1.807, 2.05) is 0 Å². The van der Waals surface area contributed by atoms with Crippen LogP contribution in [0.3, 0.4) is 0 Å². The summed E-state index contributed by atoms with van der Waals surface area (Å²) in [6.45, 7) is 1.81. The molecule has 0 radical (unpaired) electrons. The van der Waals surface area contributed by atoms with Gasteiger partial charge in [0, 0.05) is 22.7 Å². The maximum atomic E-state index is 14.2. The number of hydrogen-bond donors (Lipinski definition) is 0. The highest BCUT2D eigenvalue weighted by atomic mass is 19.4. The van der Waals surface area contributed by atoms with E-state index in [0.29, 0.717) is 22.2 Å². The molecule has 0 N–H and O–H groups in total. The van der Waals surface area contributed by atoms with E-state index < -0.39 is 11.7 Å². The van der Waals surface area contributed by atoms with Crippen molar-refractivity contribution < 1.29 is 13.2 Å². The van der Waals surface area contributed by atoms with Gasteiger partial charge in [-0.2, -0.15) is 13.2 Å². The van der Waals surface area contributed by atoms with Crippen molar-refractivity contribution in [1.29, 1.82) is 0 Å². The molecule has 0 aliphatic rings. The van der Waals surface area contributed by atoms with Crippen LogP contribution in [0.5, 0.6) is 0 Å². The minimum atomic E-state index is -4.57. The minimum Gasteiger partial charge on any atom is -0.236 e. The van der Waals surface area contributed by atoms with Gasteiger partial charge in [0.1, 0.15) is 0 Å². The van der Waals surface area contributed by atoms with Crippen LogP contribution in [-0.4, -0.2) is 9.97 Å². The summed E-state index contributed by atoms with van der Waals surface area (Å²) >= 11 is 0. The largest absolute Gasteiger partial charge is 0.419 e. The molecule has 4 rings (SSSR count). The molecule has 0 fully saturated rings. The number of alkyl halides is 3. The Morgan fingerprint density at radius 2 is 1.41 bits per heavy atom. The lowest BCUT2D eigenvalue weighted by molar-refractivity contribution is -0.136. The molecule has 4 aromatic rings. The van der Waals surface area contributed by atoms with E-state index in [1.165, 1.54) is 0 Å². The molecule has 0 aliphatic heterocycles. The lowest BCUT2D eigenvalue weighted by Gasteiger charge is -2.19. The predicted molar refractivity (Wildman–Crippen MR) is 100 cm³/mol. The van der Waals surface area contributed by atoms with Gasteiger partial charge in [0.2, 0.25) is 0 Å². The van der Waals surface area contributed by atoms with Crippen molar-refractivity contribution in [3.8, 4) is 22.4 Å². The first-order valence-corrected chi connectivity index (χ1v) is 8.43. The smallest absolute Gasteiger partial charge is 0.236 e. The third kappa shape index (κ3) is 3.16. The fourth-order valence-corrected chi connectivity index (χ4v) is 3.24. The molecule has 0 saturated heterocycles. The van der Waals surface area contributed by atoms with Crippen LogP contribution in [0.25, 0.3) is 33.4 Å². The summed E-state index contributed by atoms with van der Waals surface area (Å²) in [5.41, 5.74) is 1.25. The van der Waals surface area contributed by atoms with Gasteiger partial charge in [0.25, 0.3) is 0 Å². The van der Waals surface area contributed by atoms with Crippen LogP contribution in [0.15, 0.2) is 72.9 Å². The Bertz CT molecular complexity index is 1110. The van der Waals surface area contributed by atoms with Crippen LogP contribution < -0.4 is 0 Å². The first-order chi connectivity index (χ1) is 12.9. The Balaban J connectivity index is 2.21. The summed E-state index contributed by atoms with van der Waals surface area (Å²) in [5, 5.41) is 0.396. The van der Waals surface area contributed by atoms with Crippen LogP contribution in [0, 0.1) is 6.92 Å². The lowest BCUT2D eigenvalue weighted by Crippen LogP contribution is -2.12. The Kier molecular flexibility index (Phi) is 4.15. The van der Waals surface area contributed by atoms with Crippen LogP contribution in [0.1, 0.15) is 11.1 Å². The van der Waals surface area contributed by atoms with Gasteiger partial charge in [-0.25, -0.2) is 9.97 Å². The zero-order chi connectivity index (χ0) is 19.0. The van der Waals surface area contributed by atoms with Gasteiger partial charge in [0.05, 0.1) is 11.3 Å². The third-order valence-electron chi connectivity index (χ3n) is 4.37. The molecule has 27 heavy (non-hydrogen) atoms. The quantitative estimate of drug-likeness (QED) is 0.418. The fraction of sp³-hybridized carbons (Fsp3) is 0.0909. The normalized spacial score (nSPS) is 11.7. The predicted octanol–water partition coefficient (Wildman–Crippen LogP) is 6.29. The molecule has 2 aromatic carbocycles. The maximum absolute atomic E-state index is 14.2. The number of aryl methyl sites for hydroxylation is 1. The van der Waals surface area contributed by atoms with Crippen molar-refractivity contribution >= 4 is 11.0 Å². The van der Waals surface area contributed by atoms with Crippen LogP contribution in [-0.2, 0) is 6.18 Å². The molecule has 0 spiro atoms. The molecule has 0 unspecified atom stereocenters. The van der Waals surface area contributed by atoms with E-state index >= 15 is 0 Å². The molecular formula is C22H15F3N2. The average Bonchev–Trinajstić information content (AvgIpc) is 2.67. The summed E-state index contributed by atoms with van der Waals surface area (Å²) in [6, 6.07) is 18.7. The van der Waals surface area contributed by atoms with Crippen molar-refractivity contribution in [3.63, 3.8) is 0 Å². The van der Waals surface area contributed by atoms with Crippen molar-refractivity contribution in [2.75, 3.05) is 0 Å². The number of aromatic nitrogens is 2. The van der Waals surface area contributed by atoms with E-state index in [-0.39, 0.29) is 11.3 Å². The molecular weight excluding hydrogens is 349 g/mol. The number of benzene rings is 2. The number of fused-ring (bicyclic) bond motifs is 1. The second kappa shape index (κ2) is 6.50. The van der Waals surface area contributed by atoms with E-state index in [1.54, 1.807) is 79.9 Å². The minimum absolute atomic E-state index is 0.106. The fourth-order valence-electron chi connectivity index (χ4n) is 3.24. The second-order valence-electron chi connectivity index (χ2n) is 6.32. The molecule has 0 amide bonds. The summed E-state index contributed by atoms with van der Waals surface area (Å²) in [4.78, 5) is 8.61. The molecule has 0 saturated carbocycles. The number of nitrogens with zero attached hydrogens (tertiary/aromatic N) is 2. The van der Waals surface area contributed by atoms with E-state index in [9.17, 15) is 13.2 Å². The van der Waals surface area contributed by atoms with Crippen molar-refractivity contribution in [2.24, 2.45) is 0 Å². The zero-order valence-electron chi connectivity index (χ0n) is 14.5. The Labute approximate surface area is 154 Å². The van der Waals surface area contributed by atoms with Crippen LogP contribution in [0.2, 0.25) is 0 Å². The second-order valence-corrected chi connectivity index (χ2v) is 6.32. The van der Waals surface area contributed by atoms with E-state index in [4.69, 9.17) is 0 Å². The monoisotopic (exact) mass is 364 g/mol. The van der Waals surface area contributed by atoms with Gasteiger partial charge in [-0.1, -0.05) is 60.7 Å². The van der Waals surface area contributed by atoms with Crippen molar-refractivity contribution in [3.05, 3.63) is 84.1 Å². The molecule has 5 heteroatoms. The number of pyridine rings is 2. The summed E-state index contributed by atoms with van der Waals surface area (Å²) < 4.78 is 42.7. The van der Waals surface area contributed by atoms with E-state index in [2.05, 4.69) is 9.97 Å². The number of rotatable bonds is 2. The SMILES string of the molecule is Cc1cnc2nc(-c3ccccc3)c(C(F)(F)F)c(-c3ccccc3)c2c1. The highest BCUT2D eigenvalue weighted by Crippen LogP contribution is 2.45. The molecule has 0 atom stereocenters. The Morgan fingerprint density at radius 3 is 2.00 bits per heavy atom. The van der Waals surface area contributed by atoms with Crippen LogP contribution in [0.4, 0.5) is 13.2 Å². The summed E-state index contributed by atoms with van der Waals surface area (Å²) in [5.74, 6) is 0. The van der Waals surface area contributed by atoms with Crippen molar-refractivity contribution in [1.82, 2.24) is 9.97 Å². The Hall–Kier alpha value is -3.21. The van der Waals surface area contributed by atoms with Gasteiger partial charge in [0.15, 0.2) is 5.65 Å². The summed E-state index contributed by atoms with van der Waals surface area (Å²) in [7, 11) is 0. The molecule has 2 nitrogen and oxygen atoms in total. The zero-order valence-corrected chi connectivity index (χ0v) is 14.5. The molecule has 0 bridgehead atoms. The van der Waals surface area contributed by atoms with Gasteiger partial charge in [-0.15, -0.1) is 0 Å². The Morgan fingerprint density at radius 1 is 0.815 bits per heavy atom. The molecule has 134 valence electrons. The summed E-state index contributed by atoms with van der Waals surface area (Å²) in [6.07, 6.45) is -2.95. The van der Waals surface area contributed by atoms with Gasteiger partial charge in [-0.05, 0) is 24.1 Å². The maximum Gasteiger partial charge on any atom is 0.419 e.